The zero-order valence-electron chi connectivity index (χ0n) is 8.12. The van der Waals surface area contributed by atoms with Crippen LogP contribution in [0.4, 0.5) is 5.69 Å². The molecule has 1 heterocycles. The van der Waals surface area contributed by atoms with Crippen molar-refractivity contribution in [1.29, 1.82) is 0 Å². The van der Waals surface area contributed by atoms with E-state index in [4.69, 9.17) is 5.11 Å². The highest BCUT2D eigenvalue weighted by Gasteiger charge is 2.18. The molecular formula is C9H8N2O4S. The Morgan fingerprint density at radius 3 is 2.88 bits per heavy atom. The standard InChI is InChI=1S/C9H8N2O4S/c12-5-4-10-9(13)8-6(11(14)15)2-1-3-7(8)16-10/h1-3,12H,4-5H2. The number of aliphatic hydroxyl groups is 1. The number of rotatable bonds is 3. The van der Waals surface area contributed by atoms with E-state index in [1.54, 1.807) is 12.1 Å². The van der Waals surface area contributed by atoms with Crippen LogP contribution in [-0.4, -0.2) is 20.6 Å². The molecule has 0 saturated carbocycles. The lowest BCUT2D eigenvalue weighted by atomic mass is 10.2. The van der Waals surface area contributed by atoms with Crippen LogP contribution in [0.1, 0.15) is 0 Å². The highest BCUT2D eigenvalue weighted by molar-refractivity contribution is 7.13. The maximum atomic E-state index is 11.8. The predicted octanol–water partition coefficient (Wildman–Crippen LogP) is 0.963. The Balaban J connectivity index is 2.77. The van der Waals surface area contributed by atoms with Gasteiger partial charge in [-0.3, -0.25) is 18.9 Å². The molecule has 0 unspecified atom stereocenters. The number of benzene rings is 1. The molecule has 84 valence electrons. The number of nitrogens with zero attached hydrogens (tertiary/aromatic N) is 2. The third-order valence-electron chi connectivity index (χ3n) is 2.15. The molecule has 1 aromatic carbocycles. The third-order valence-corrected chi connectivity index (χ3v) is 3.26. The average Bonchev–Trinajstić information content (AvgIpc) is 2.57. The van der Waals surface area contributed by atoms with Gasteiger partial charge in [-0.15, -0.1) is 0 Å². The number of non-ortho nitro benzene ring substituents is 1. The molecule has 2 aromatic rings. The molecule has 7 heteroatoms. The highest BCUT2D eigenvalue weighted by atomic mass is 32.1. The van der Waals surface area contributed by atoms with Gasteiger partial charge in [-0.1, -0.05) is 17.6 Å². The van der Waals surface area contributed by atoms with Gasteiger partial charge in [-0.05, 0) is 6.07 Å². The smallest absolute Gasteiger partial charge is 0.283 e. The van der Waals surface area contributed by atoms with Gasteiger partial charge in [-0.25, -0.2) is 0 Å². The van der Waals surface area contributed by atoms with Gasteiger partial charge in [0.05, 0.1) is 22.8 Å². The molecule has 1 N–H and O–H groups in total. The van der Waals surface area contributed by atoms with Crippen LogP contribution < -0.4 is 5.56 Å². The van der Waals surface area contributed by atoms with Gasteiger partial charge < -0.3 is 5.11 Å². The summed E-state index contributed by atoms with van der Waals surface area (Å²) >= 11 is 1.12. The Kier molecular flexibility index (Phi) is 2.71. The number of hydrogen-bond donors (Lipinski definition) is 1. The molecule has 0 atom stereocenters. The second-order valence-corrected chi connectivity index (χ2v) is 4.19. The van der Waals surface area contributed by atoms with Crippen LogP contribution in [0.25, 0.3) is 10.1 Å². The molecule has 0 saturated heterocycles. The van der Waals surface area contributed by atoms with Crippen LogP contribution in [0, 0.1) is 10.1 Å². The number of aliphatic hydroxyl groups excluding tert-OH is 1. The zero-order valence-corrected chi connectivity index (χ0v) is 8.94. The summed E-state index contributed by atoms with van der Waals surface area (Å²) in [5.41, 5.74) is -0.600. The molecule has 0 bridgehead atoms. The summed E-state index contributed by atoms with van der Waals surface area (Å²) in [6.45, 7) is -0.00411. The van der Waals surface area contributed by atoms with E-state index in [2.05, 4.69) is 0 Å². The molecular weight excluding hydrogens is 232 g/mol. The molecule has 0 spiro atoms. The normalized spacial score (nSPS) is 10.8. The van der Waals surface area contributed by atoms with Crippen molar-refractivity contribution in [1.82, 2.24) is 3.96 Å². The molecule has 0 aliphatic rings. The minimum absolute atomic E-state index is 0.117. The first-order valence-corrected chi connectivity index (χ1v) is 5.30. The predicted molar refractivity (Wildman–Crippen MR) is 59.8 cm³/mol. The van der Waals surface area contributed by atoms with Crippen LogP contribution in [0.3, 0.4) is 0 Å². The molecule has 0 aliphatic heterocycles. The van der Waals surface area contributed by atoms with Crippen molar-refractivity contribution in [3.8, 4) is 0 Å². The molecule has 0 radical (unpaired) electrons. The monoisotopic (exact) mass is 240 g/mol. The quantitative estimate of drug-likeness (QED) is 0.639. The van der Waals surface area contributed by atoms with E-state index in [0.29, 0.717) is 4.70 Å². The molecule has 0 aliphatic carbocycles. The van der Waals surface area contributed by atoms with E-state index >= 15 is 0 Å². The minimum atomic E-state index is -0.570. The number of aromatic nitrogens is 1. The summed E-state index contributed by atoms with van der Waals surface area (Å²) < 4.78 is 1.88. The van der Waals surface area contributed by atoms with E-state index in [-0.39, 0.29) is 24.2 Å². The summed E-state index contributed by atoms with van der Waals surface area (Å²) in [5.74, 6) is 0. The number of fused-ring (bicyclic) bond motifs is 1. The molecule has 6 nitrogen and oxygen atoms in total. The molecule has 0 fully saturated rings. The first-order chi connectivity index (χ1) is 7.65. The van der Waals surface area contributed by atoms with Crippen molar-refractivity contribution in [2.75, 3.05) is 6.61 Å². The second kappa shape index (κ2) is 4.03. The third kappa shape index (κ3) is 1.59. The number of nitro groups is 1. The van der Waals surface area contributed by atoms with Crippen molar-refractivity contribution in [2.24, 2.45) is 0 Å². The van der Waals surface area contributed by atoms with E-state index in [9.17, 15) is 14.9 Å². The maximum Gasteiger partial charge on any atom is 0.283 e. The summed E-state index contributed by atoms with van der Waals surface area (Å²) in [5, 5.41) is 19.6. The number of hydrogen-bond acceptors (Lipinski definition) is 5. The molecule has 16 heavy (non-hydrogen) atoms. The first kappa shape index (κ1) is 10.8. The summed E-state index contributed by atoms with van der Waals surface area (Å²) in [7, 11) is 0. The molecule has 0 amide bonds. The topological polar surface area (TPSA) is 85.4 Å². The van der Waals surface area contributed by atoms with Crippen LogP contribution >= 0.6 is 11.5 Å². The second-order valence-electron chi connectivity index (χ2n) is 3.13. The largest absolute Gasteiger partial charge is 0.394 e. The SMILES string of the molecule is O=c1c2c([N+](=O)[O-])cccc2sn1CCO. The Morgan fingerprint density at radius 1 is 1.50 bits per heavy atom. The van der Waals surface area contributed by atoms with Gasteiger partial charge in [0.1, 0.15) is 5.39 Å². The van der Waals surface area contributed by atoms with Crippen molar-refractivity contribution in [2.45, 2.75) is 6.54 Å². The highest BCUT2D eigenvalue weighted by Crippen LogP contribution is 2.25. The summed E-state index contributed by atoms with van der Waals surface area (Å²) in [4.78, 5) is 22.0. The Hall–Kier alpha value is -1.73. The van der Waals surface area contributed by atoms with Crippen LogP contribution in [0.15, 0.2) is 23.0 Å². The van der Waals surface area contributed by atoms with Gasteiger partial charge in [0.2, 0.25) is 0 Å². The van der Waals surface area contributed by atoms with E-state index in [1.165, 1.54) is 10.0 Å². The lowest BCUT2D eigenvalue weighted by Gasteiger charge is -1.92. The summed E-state index contributed by atoms with van der Waals surface area (Å²) in [6, 6.07) is 4.50. The first-order valence-electron chi connectivity index (χ1n) is 4.53. The van der Waals surface area contributed by atoms with Gasteiger partial charge in [0, 0.05) is 6.07 Å². The van der Waals surface area contributed by atoms with Crippen LogP contribution in [-0.2, 0) is 6.54 Å². The van der Waals surface area contributed by atoms with Gasteiger partial charge in [-0.2, -0.15) is 0 Å². The van der Waals surface area contributed by atoms with Crippen LogP contribution in [0.2, 0.25) is 0 Å². The van der Waals surface area contributed by atoms with Crippen molar-refractivity contribution in [3.05, 3.63) is 38.7 Å². The van der Waals surface area contributed by atoms with Crippen LogP contribution in [0.5, 0.6) is 0 Å². The molecule has 1 aromatic heterocycles. The molecule has 2 rings (SSSR count). The number of nitro benzene ring substituents is 1. The van der Waals surface area contributed by atoms with Gasteiger partial charge >= 0.3 is 0 Å². The summed E-state index contributed by atoms with van der Waals surface area (Å²) in [6.07, 6.45) is 0. The Labute approximate surface area is 93.7 Å². The van der Waals surface area contributed by atoms with Crippen molar-refractivity contribution < 1.29 is 10.0 Å². The van der Waals surface area contributed by atoms with Crippen molar-refractivity contribution in [3.63, 3.8) is 0 Å². The fourth-order valence-electron chi connectivity index (χ4n) is 1.49. The van der Waals surface area contributed by atoms with E-state index in [1.807, 2.05) is 0 Å². The fourth-order valence-corrected chi connectivity index (χ4v) is 2.49. The van der Waals surface area contributed by atoms with E-state index < -0.39 is 10.5 Å². The minimum Gasteiger partial charge on any atom is -0.394 e. The maximum absolute atomic E-state index is 11.8. The van der Waals surface area contributed by atoms with E-state index in [0.717, 1.165) is 11.5 Å². The Bertz CT molecular complexity index is 601. The lowest BCUT2D eigenvalue weighted by Crippen LogP contribution is -2.15. The fraction of sp³-hybridized carbons (Fsp3) is 0.222. The zero-order chi connectivity index (χ0) is 11.7. The van der Waals surface area contributed by atoms with Crippen molar-refractivity contribution >= 4 is 27.3 Å². The Morgan fingerprint density at radius 2 is 2.25 bits per heavy atom. The average molecular weight is 240 g/mol. The van der Waals surface area contributed by atoms with Gasteiger partial charge in [0.25, 0.3) is 11.2 Å². The lowest BCUT2D eigenvalue weighted by molar-refractivity contribution is -0.383. The van der Waals surface area contributed by atoms with Gasteiger partial charge in [0.15, 0.2) is 0 Å².